The molecule has 23 heavy (non-hydrogen) atoms. The lowest BCUT2D eigenvalue weighted by Crippen LogP contribution is -2.28. The highest BCUT2D eigenvalue weighted by molar-refractivity contribution is 7.09. The van der Waals surface area contributed by atoms with Crippen molar-refractivity contribution in [2.24, 2.45) is 0 Å². The van der Waals surface area contributed by atoms with Gasteiger partial charge in [0.1, 0.15) is 10.8 Å². The molecule has 0 bridgehead atoms. The van der Waals surface area contributed by atoms with Crippen molar-refractivity contribution >= 4 is 23.1 Å². The maximum Gasteiger partial charge on any atom is 0.319 e. The molecule has 7 heteroatoms. The number of urea groups is 1. The molecule has 1 aromatic carbocycles. The van der Waals surface area contributed by atoms with Gasteiger partial charge in [-0.15, -0.1) is 11.3 Å². The molecule has 0 fully saturated rings. The largest absolute Gasteiger partial charge is 0.493 e. The minimum atomic E-state index is -0.292. The number of hydrogen-bond donors (Lipinski definition) is 2. The molecular weight excluding hydrogens is 312 g/mol. The van der Waals surface area contributed by atoms with Crippen molar-refractivity contribution in [1.82, 2.24) is 10.3 Å². The predicted molar refractivity (Wildman–Crippen MR) is 89.5 cm³/mol. The second-order valence-corrected chi connectivity index (χ2v) is 5.77. The summed E-state index contributed by atoms with van der Waals surface area (Å²) in [7, 11) is 0. The Bertz CT molecular complexity index is 693. The number of thiazole rings is 1. The summed E-state index contributed by atoms with van der Waals surface area (Å²) in [5, 5.41) is 16.8. The molecule has 0 spiro atoms. The van der Waals surface area contributed by atoms with E-state index in [-0.39, 0.29) is 6.03 Å². The van der Waals surface area contributed by atoms with Gasteiger partial charge in [-0.25, -0.2) is 9.78 Å². The molecule has 2 rings (SSSR count). The Morgan fingerprint density at radius 2 is 2.35 bits per heavy atom. The van der Waals surface area contributed by atoms with E-state index < -0.39 is 0 Å². The van der Waals surface area contributed by atoms with Crippen molar-refractivity contribution in [2.75, 3.05) is 11.9 Å². The second kappa shape index (κ2) is 8.76. The number of aryl methyl sites for hydroxylation is 1. The van der Waals surface area contributed by atoms with Gasteiger partial charge in [-0.2, -0.15) is 5.26 Å². The Balaban J connectivity index is 1.79. The van der Waals surface area contributed by atoms with Gasteiger partial charge in [0.05, 0.1) is 19.2 Å². The maximum atomic E-state index is 11.9. The zero-order valence-electron chi connectivity index (χ0n) is 12.8. The number of benzene rings is 1. The molecule has 0 aliphatic carbocycles. The number of nitriles is 1. The Hall–Kier alpha value is -2.59. The van der Waals surface area contributed by atoms with Crippen LogP contribution in [0.2, 0.25) is 0 Å². The first-order chi connectivity index (χ1) is 11.2. The van der Waals surface area contributed by atoms with E-state index in [0.29, 0.717) is 37.4 Å². The standard InChI is InChI=1S/C16H18N4O2S/c1-12-11-23-15(19-12)10-18-16(21)20-13-5-4-6-14(9-13)22-8-3-2-7-17/h4-6,9,11H,2-3,8,10H2,1H3,(H2,18,20,21). The number of nitrogens with one attached hydrogen (secondary N) is 2. The second-order valence-electron chi connectivity index (χ2n) is 4.83. The number of hydrogen-bond acceptors (Lipinski definition) is 5. The summed E-state index contributed by atoms with van der Waals surface area (Å²) in [6.07, 6.45) is 1.15. The van der Waals surface area contributed by atoms with Crippen LogP contribution in [-0.2, 0) is 6.54 Å². The minimum absolute atomic E-state index is 0.292. The summed E-state index contributed by atoms with van der Waals surface area (Å²) in [5.74, 6) is 0.663. The van der Waals surface area contributed by atoms with Crippen LogP contribution >= 0.6 is 11.3 Å². The van der Waals surface area contributed by atoms with Crippen molar-refractivity contribution < 1.29 is 9.53 Å². The smallest absolute Gasteiger partial charge is 0.319 e. The SMILES string of the molecule is Cc1csc(CNC(=O)Nc2cccc(OCCCC#N)c2)n1. The van der Waals surface area contributed by atoms with Crippen LogP contribution < -0.4 is 15.4 Å². The normalized spacial score (nSPS) is 9.91. The first-order valence-electron chi connectivity index (χ1n) is 7.23. The third kappa shape index (κ3) is 5.96. The summed E-state index contributed by atoms with van der Waals surface area (Å²) >= 11 is 1.52. The van der Waals surface area contributed by atoms with Gasteiger partial charge < -0.3 is 15.4 Å². The van der Waals surface area contributed by atoms with Crippen molar-refractivity contribution in [2.45, 2.75) is 26.3 Å². The predicted octanol–water partition coefficient (Wildman–Crippen LogP) is 3.46. The van der Waals surface area contributed by atoms with Crippen molar-refractivity contribution in [3.05, 3.63) is 40.3 Å². The van der Waals surface area contributed by atoms with E-state index in [2.05, 4.69) is 21.7 Å². The Labute approximate surface area is 139 Å². The fourth-order valence-electron chi connectivity index (χ4n) is 1.82. The van der Waals surface area contributed by atoms with Crippen LogP contribution in [-0.4, -0.2) is 17.6 Å². The van der Waals surface area contributed by atoms with Gasteiger partial charge in [-0.05, 0) is 25.5 Å². The lowest BCUT2D eigenvalue weighted by Gasteiger charge is -2.09. The minimum Gasteiger partial charge on any atom is -0.493 e. The van der Waals surface area contributed by atoms with Crippen LogP contribution in [0.5, 0.6) is 5.75 Å². The van der Waals surface area contributed by atoms with E-state index in [0.717, 1.165) is 10.7 Å². The average Bonchev–Trinajstić information content (AvgIpc) is 2.96. The van der Waals surface area contributed by atoms with E-state index in [1.165, 1.54) is 11.3 Å². The number of aromatic nitrogens is 1. The Morgan fingerprint density at radius 3 is 3.09 bits per heavy atom. The van der Waals surface area contributed by atoms with Crippen LogP contribution in [0, 0.1) is 18.3 Å². The highest BCUT2D eigenvalue weighted by Gasteiger charge is 2.05. The summed E-state index contributed by atoms with van der Waals surface area (Å²) in [6, 6.07) is 8.93. The molecule has 0 unspecified atom stereocenters. The number of nitrogens with zero attached hydrogens (tertiary/aromatic N) is 2. The summed E-state index contributed by atoms with van der Waals surface area (Å²) in [5.41, 5.74) is 1.60. The number of rotatable bonds is 7. The molecule has 2 amide bonds. The van der Waals surface area contributed by atoms with E-state index >= 15 is 0 Å². The molecule has 6 nitrogen and oxygen atoms in total. The number of amides is 2. The molecule has 120 valence electrons. The van der Waals surface area contributed by atoms with Gasteiger partial charge in [0, 0.05) is 29.2 Å². The lowest BCUT2D eigenvalue weighted by molar-refractivity contribution is 0.251. The van der Waals surface area contributed by atoms with Gasteiger partial charge >= 0.3 is 6.03 Å². The average molecular weight is 330 g/mol. The van der Waals surface area contributed by atoms with Gasteiger partial charge in [-0.3, -0.25) is 0 Å². The number of unbranched alkanes of at least 4 members (excludes halogenated alkanes) is 1. The van der Waals surface area contributed by atoms with Gasteiger partial charge in [0.2, 0.25) is 0 Å². The van der Waals surface area contributed by atoms with E-state index in [4.69, 9.17) is 10.00 Å². The molecular formula is C16H18N4O2S. The molecule has 0 saturated heterocycles. The van der Waals surface area contributed by atoms with Gasteiger partial charge in [0.15, 0.2) is 0 Å². The molecule has 1 heterocycles. The van der Waals surface area contributed by atoms with Crippen molar-refractivity contribution in [3.63, 3.8) is 0 Å². The molecule has 1 aromatic heterocycles. The number of anilines is 1. The van der Waals surface area contributed by atoms with Gasteiger partial charge in [0.25, 0.3) is 0 Å². The topological polar surface area (TPSA) is 87.0 Å². The zero-order valence-corrected chi connectivity index (χ0v) is 13.7. The molecule has 0 radical (unpaired) electrons. The molecule has 2 aromatic rings. The molecule has 0 aliphatic heterocycles. The van der Waals surface area contributed by atoms with Crippen LogP contribution in [0.3, 0.4) is 0 Å². The number of carbonyl (C=O) groups is 1. The zero-order chi connectivity index (χ0) is 16.5. The quantitative estimate of drug-likeness (QED) is 0.761. The van der Waals surface area contributed by atoms with Crippen molar-refractivity contribution in [3.8, 4) is 11.8 Å². The van der Waals surface area contributed by atoms with Crippen LogP contribution in [0.1, 0.15) is 23.5 Å². The number of carbonyl (C=O) groups excluding carboxylic acids is 1. The first kappa shape index (κ1) is 16.8. The lowest BCUT2D eigenvalue weighted by atomic mass is 10.3. The van der Waals surface area contributed by atoms with E-state index in [1.54, 1.807) is 18.2 Å². The van der Waals surface area contributed by atoms with Crippen LogP contribution in [0.4, 0.5) is 10.5 Å². The Kier molecular flexibility index (Phi) is 6.39. The summed E-state index contributed by atoms with van der Waals surface area (Å²) in [6.45, 7) is 2.80. The highest BCUT2D eigenvalue weighted by atomic mass is 32.1. The highest BCUT2D eigenvalue weighted by Crippen LogP contribution is 2.17. The fourth-order valence-corrected chi connectivity index (χ4v) is 2.53. The molecule has 0 atom stereocenters. The maximum absolute atomic E-state index is 11.9. The Morgan fingerprint density at radius 1 is 1.48 bits per heavy atom. The van der Waals surface area contributed by atoms with Crippen LogP contribution in [0.25, 0.3) is 0 Å². The van der Waals surface area contributed by atoms with Gasteiger partial charge in [-0.1, -0.05) is 6.07 Å². The van der Waals surface area contributed by atoms with E-state index in [1.807, 2.05) is 18.4 Å². The van der Waals surface area contributed by atoms with E-state index in [9.17, 15) is 4.79 Å². The third-order valence-electron chi connectivity index (χ3n) is 2.86. The first-order valence-corrected chi connectivity index (χ1v) is 8.11. The summed E-state index contributed by atoms with van der Waals surface area (Å²) in [4.78, 5) is 16.2. The number of ether oxygens (including phenoxy) is 1. The van der Waals surface area contributed by atoms with Crippen molar-refractivity contribution in [1.29, 1.82) is 5.26 Å². The third-order valence-corrected chi connectivity index (χ3v) is 3.83. The fraction of sp³-hybridized carbons (Fsp3) is 0.312. The van der Waals surface area contributed by atoms with Crippen LogP contribution in [0.15, 0.2) is 29.6 Å². The monoisotopic (exact) mass is 330 g/mol. The summed E-state index contributed by atoms with van der Waals surface area (Å²) < 4.78 is 5.53. The molecule has 0 saturated carbocycles. The molecule has 2 N–H and O–H groups in total. The molecule has 0 aliphatic rings.